The van der Waals surface area contributed by atoms with Crippen molar-refractivity contribution in [1.29, 1.82) is 0 Å². The van der Waals surface area contributed by atoms with Crippen molar-refractivity contribution in [2.45, 2.75) is 5.92 Å². The maximum atomic E-state index is 7.12. The minimum atomic E-state index is -0.750. The lowest BCUT2D eigenvalue weighted by Gasteiger charge is -2.18. The normalized spacial score (nSPS) is 9.77. The summed E-state index contributed by atoms with van der Waals surface area (Å²) in [4.78, 5) is 0. The Labute approximate surface area is 132 Å². The van der Waals surface area contributed by atoms with Gasteiger partial charge in [-0.05, 0) is 16.7 Å². The van der Waals surface area contributed by atoms with Gasteiger partial charge in [0.05, 0.1) is 0 Å². The van der Waals surface area contributed by atoms with Crippen LogP contribution in [0.25, 0.3) is 0 Å². The zero-order chi connectivity index (χ0) is 15.6. The minimum Gasteiger partial charge on any atom is -0.430 e. The Bertz CT molecular complexity index is 548. The Morgan fingerprint density at radius 3 is 0.955 bits per heavy atom. The first kappa shape index (κ1) is 16.0. The highest BCUT2D eigenvalue weighted by molar-refractivity contribution is 6.13. The second-order valence-corrected chi connectivity index (χ2v) is 4.81. The molecule has 0 aliphatic rings. The Balaban J connectivity index is 0.000000545. The Kier molecular flexibility index (Phi) is 6.43. The molecule has 0 aliphatic heterocycles. The molecule has 0 aliphatic carbocycles. The fraction of sp³-hybridized carbons (Fsp3) is 0.0526. The molecule has 0 heterocycles. The van der Waals surface area contributed by atoms with Gasteiger partial charge in [0, 0.05) is 5.92 Å². The van der Waals surface area contributed by atoms with E-state index >= 15 is 0 Å². The van der Waals surface area contributed by atoms with E-state index in [0.29, 0.717) is 5.92 Å². The molecule has 0 fully saturated rings. The third-order valence-corrected chi connectivity index (χ3v) is 3.40. The van der Waals surface area contributed by atoms with Crippen LogP contribution in [0.15, 0.2) is 91.0 Å². The van der Waals surface area contributed by atoms with Gasteiger partial charge in [-0.3, -0.25) is 0 Å². The molecule has 0 saturated heterocycles. The molecule has 0 aromatic heterocycles. The van der Waals surface area contributed by atoms with Crippen LogP contribution in [0.5, 0.6) is 0 Å². The monoisotopic (exact) mass is 290 g/mol. The van der Waals surface area contributed by atoms with Crippen molar-refractivity contribution >= 4 is 7.69 Å². The van der Waals surface area contributed by atoms with Crippen LogP contribution in [0.2, 0.25) is 0 Å². The summed E-state index contributed by atoms with van der Waals surface area (Å²) in [5.74, 6) is 0.309. The second-order valence-electron chi connectivity index (χ2n) is 4.81. The maximum absolute atomic E-state index is 7.12. The summed E-state index contributed by atoms with van der Waals surface area (Å²) in [6.07, 6.45) is 0. The van der Waals surface area contributed by atoms with Crippen molar-refractivity contribution in [1.82, 2.24) is 0 Å². The molecule has 3 heteroatoms. The van der Waals surface area contributed by atoms with Crippen molar-refractivity contribution in [3.63, 3.8) is 0 Å². The lowest BCUT2D eigenvalue weighted by molar-refractivity contribution is 0.448. The van der Waals surface area contributed by atoms with Gasteiger partial charge in [-0.15, -0.1) is 0 Å². The van der Waals surface area contributed by atoms with Gasteiger partial charge in [0.15, 0.2) is 0 Å². The third-order valence-electron chi connectivity index (χ3n) is 3.40. The maximum Gasteiger partial charge on any atom is 0.432 e. The molecular weight excluding hydrogens is 271 g/mol. The third kappa shape index (κ3) is 4.32. The van der Waals surface area contributed by atoms with Crippen LogP contribution in [-0.4, -0.2) is 17.7 Å². The molecule has 0 amide bonds. The lowest BCUT2D eigenvalue weighted by Crippen LogP contribution is -2.02. The molecule has 0 bridgehead atoms. The summed E-state index contributed by atoms with van der Waals surface area (Å²) in [5, 5.41) is 14.2. The molecule has 110 valence electrons. The molecule has 2 nitrogen and oxygen atoms in total. The van der Waals surface area contributed by atoms with Crippen molar-refractivity contribution < 1.29 is 10.0 Å². The summed E-state index contributed by atoms with van der Waals surface area (Å²) in [6, 6.07) is 32.0. The highest BCUT2D eigenvalue weighted by Gasteiger charge is 2.15. The quantitative estimate of drug-likeness (QED) is 0.575. The zero-order valence-electron chi connectivity index (χ0n) is 12.3. The molecular formula is C19H19BO2. The fourth-order valence-electron chi connectivity index (χ4n) is 2.51. The van der Waals surface area contributed by atoms with E-state index in [1.165, 1.54) is 16.7 Å². The predicted molar refractivity (Wildman–Crippen MR) is 91.9 cm³/mol. The van der Waals surface area contributed by atoms with E-state index in [4.69, 9.17) is 10.0 Å². The van der Waals surface area contributed by atoms with Crippen LogP contribution in [0.1, 0.15) is 22.6 Å². The summed E-state index contributed by atoms with van der Waals surface area (Å²) in [7, 11) is -0.750. The van der Waals surface area contributed by atoms with Crippen LogP contribution in [0.3, 0.4) is 0 Å². The van der Waals surface area contributed by atoms with E-state index in [0.717, 1.165) is 0 Å². The number of hydrogen-bond donors (Lipinski definition) is 2. The van der Waals surface area contributed by atoms with E-state index in [1.54, 1.807) is 0 Å². The molecule has 0 spiro atoms. The molecule has 3 aromatic rings. The first-order chi connectivity index (χ1) is 10.9. The lowest BCUT2D eigenvalue weighted by atomic mass is 9.85. The number of hydrogen-bond acceptors (Lipinski definition) is 2. The van der Waals surface area contributed by atoms with E-state index in [9.17, 15) is 0 Å². The van der Waals surface area contributed by atoms with Gasteiger partial charge < -0.3 is 10.0 Å². The minimum absolute atomic E-state index is 0.309. The van der Waals surface area contributed by atoms with E-state index < -0.39 is 7.69 Å². The summed E-state index contributed by atoms with van der Waals surface area (Å²) in [6.45, 7) is 0. The number of rotatable bonds is 3. The summed E-state index contributed by atoms with van der Waals surface area (Å²) >= 11 is 0. The molecule has 0 saturated carbocycles. The molecule has 2 N–H and O–H groups in total. The first-order valence-electron chi connectivity index (χ1n) is 7.23. The van der Waals surface area contributed by atoms with Gasteiger partial charge in [0.25, 0.3) is 0 Å². The topological polar surface area (TPSA) is 40.5 Å². The number of benzene rings is 3. The second kappa shape index (κ2) is 8.83. The SMILES string of the molecule is OBO.c1ccc(C(c2ccccc2)c2ccccc2)cc1. The van der Waals surface area contributed by atoms with Crippen molar-refractivity contribution in [2.24, 2.45) is 0 Å². The molecule has 0 atom stereocenters. The average Bonchev–Trinajstić information content (AvgIpc) is 2.59. The molecule has 0 radical (unpaired) electrons. The van der Waals surface area contributed by atoms with Crippen molar-refractivity contribution in [3.05, 3.63) is 108 Å². The smallest absolute Gasteiger partial charge is 0.430 e. The molecule has 3 rings (SSSR count). The standard InChI is InChI=1S/C19H16.BH3O2/c1-4-10-16(11-5-1)19(17-12-6-2-7-13-17)18-14-8-3-9-15-18;2-1-3/h1-15,19H;1-3H. The summed E-state index contributed by atoms with van der Waals surface area (Å²) < 4.78 is 0. The van der Waals surface area contributed by atoms with Crippen molar-refractivity contribution in [3.8, 4) is 0 Å². The van der Waals surface area contributed by atoms with E-state index in [-0.39, 0.29) is 0 Å². The van der Waals surface area contributed by atoms with E-state index in [1.807, 2.05) is 0 Å². The van der Waals surface area contributed by atoms with Crippen LogP contribution < -0.4 is 0 Å². The van der Waals surface area contributed by atoms with Crippen LogP contribution in [0.4, 0.5) is 0 Å². The predicted octanol–water partition coefficient (Wildman–Crippen LogP) is 3.10. The highest BCUT2D eigenvalue weighted by atomic mass is 16.4. The van der Waals surface area contributed by atoms with Gasteiger partial charge in [-0.2, -0.15) is 0 Å². The van der Waals surface area contributed by atoms with Crippen molar-refractivity contribution in [2.75, 3.05) is 0 Å². The molecule has 22 heavy (non-hydrogen) atoms. The fourth-order valence-corrected chi connectivity index (χ4v) is 2.51. The average molecular weight is 290 g/mol. The largest absolute Gasteiger partial charge is 0.432 e. The Morgan fingerprint density at radius 2 is 0.727 bits per heavy atom. The van der Waals surface area contributed by atoms with Crippen LogP contribution in [-0.2, 0) is 0 Å². The first-order valence-corrected chi connectivity index (χ1v) is 7.23. The zero-order valence-corrected chi connectivity index (χ0v) is 12.3. The Morgan fingerprint density at radius 1 is 0.500 bits per heavy atom. The molecule has 0 unspecified atom stereocenters. The Hall–Kier alpha value is -2.36. The van der Waals surface area contributed by atoms with E-state index in [2.05, 4.69) is 91.0 Å². The van der Waals surface area contributed by atoms with Crippen LogP contribution in [0, 0.1) is 0 Å². The highest BCUT2D eigenvalue weighted by Crippen LogP contribution is 2.31. The van der Waals surface area contributed by atoms with Gasteiger partial charge in [-0.1, -0.05) is 91.0 Å². The molecule has 3 aromatic carbocycles. The van der Waals surface area contributed by atoms with Gasteiger partial charge in [0.1, 0.15) is 0 Å². The van der Waals surface area contributed by atoms with Crippen LogP contribution >= 0.6 is 0 Å². The van der Waals surface area contributed by atoms with Gasteiger partial charge in [0.2, 0.25) is 0 Å². The van der Waals surface area contributed by atoms with Gasteiger partial charge >= 0.3 is 7.69 Å². The summed E-state index contributed by atoms with van der Waals surface area (Å²) in [5.41, 5.74) is 4.00. The van der Waals surface area contributed by atoms with Gasteiger partial charge in [-0.25, -0.2) is 0 Å².